The molecule has 0 spiro atoms. The summed E-state index contributed by atoms with van der Waals surface area (Å²) >= 11 is 25.4. The number of phenolic OH excluding ortho intramolecular Hbond substituents is 1. The minimum absolute atomic E-state index is 0.00292. The molecule has 2 heterocycles. The minimum atomic E-state index is -1.90. The van der Waals surface area contributed by atoms with Gasteiger partial charge in [-0.25, -0.2) is 4.90 Å². The zero-order chi connectivity index (χ0) is 27.5. The molecule has 0 aromatic heterocycles. The number of aromatic hydroxyl groups is 1. The predicted octanol–water partition coefficient (Wildman–Crippen LogP) is 5.83. The van der Waals surface area contributed by atoms with Crippen LogP contribution >= 0.6 is 46.4 Å². The number of imide groups is 1. The summed E-state index contributed by atoms with van der Waals surface area (Å²) < 4.78 is 0. The summed E-state index contributed by atoms with van der Waals surface area (Å²) in [4.78, 5) is 42.0. The second-order valence-electron chi connectivity index (χ2n) is 9.48. The molecule has 2 aliphatic rings. The monoisotopic (exact) mass is 592 g/mol. The number of halogens is 4. The molecular formula is C27H20Cl4N2O5. The quantitative estimate of drug-likeness (QED) is 0.254. The Morgan fingerprint density at radius 1 is 0.974 bits per heavy atom. The molecule has 2 aliphatic heterocycles. The second-order valence-corrected chi connectivity index (χ2v) is 11.1. The molecule has 2 saturated heterocycles. The van der Waals surface area contributed by atoms with Gasteiger partial charge < -0.3 is 10.2 Å². The van der Waals surface area contributed by atoms with E-state index < -0.39 is 41.2 Å². The van der Waals surface area contributed by atoms with E-state index in [-0.39, 0.29) is 32.9 Å². The third-order valence-corrected chi connectivity index (χ3v) is 8.67. The Morgan fingerprint density at radius 3 is 2.29 bits per heavy atom. The first kappa shape index (κ1) is 26.8. The number of amides is 2. The highest BCUT2D eigenvalue weighted by molar-refractivity contribution is 6.43. The number of phenols is 1. The van der Waals surface area contributed by atoms with E-state index in [4.69, 9.17) is 46.4 Å². The number of hydrogen-bond donors (Lipinski definition) is 3. The summed E-state index contributed by atoms with van der Waals surface area (Å²) in [5.74, 6) is -5.04. The maximum absolute atomic E-state index is 14.0. The largest absolute Gasteiger partial charge is 0.508 e. The van der Waals surface area contributed by atoms with E-state index in [1.165, 1.54) is 30.3 Å². The number of fused-ring (bicyclic) bond motifs is 1. The van der Waals surface area contributed by atoms with Gasteiger partial charge in [-0.05, 0) is 60.0 Å². The second kappa shape index (κ2) is 9.74. The topological polar surface area (TPSA) is 107 Å². The number of carbonyl (C=O) groups is 3. The molecule has 3 N–H and O–H groups in total. The van der Waals surface area contributed by atoms with Gasteiger partial charge >= 0.3 is 5.97 Å². The molecule has 2 amide bonds. The zero-order valence-corrected chi connectivity index (χ0v) is 22.7. The van der Waals surface area contributed by atoms with Crippen LogP contribution in [-0.4, -0.2) is 33.5 Å². The Hall–Kier alpha value is -2.81. The fourth-order valence-electron chi connectivity index (χ4n) is 5.42. The number of carboxylic acid groups (broad SMARTS) is 1. The summed E-state index contributed by atoms with van der Waals surface area (Å²) in [5, 5.41) is 24.2. The Morgan fingerprint density at radius 2 is 1.66 bits per heavy atom. The molecule has 0 bridgehead atoms. The molecule has 3 aromatic rings. The van der Waals surface area contributed by atoms with Gasteiger partial charge in [-0.1, -0.05) is 64.6 Å². The highest BCUT2D eigenvalue weighted by Crippen LogP contribution is 2.53. The maximum Gasteiger partial charge on any atom is 0.325 e. The average Bonchev–Trinajstić information content (AvgIpc) is 3.33. The number of aliphatic carboxylic acids is 1. The molecular weight excluding hydrogens is 574 g/mol. The van der Waals surface area contributed by atoms with Crippen LogP contribution in [0.15, 0.2) is 54.6 Å². The summed E-state index contributed by atoms with van der Waals surface area (Å²) in [5.41, 5.74) is -0.0764. The number of carboxylic acids is 1. The lowest BCUT2D eigenvalue weighted by molar-refractivity contribution is -0.148. The Labute approximate surface area is 237 Å². The van der Waals surface area contributed by atoms with Crippen LogP contribution in [0, 0.1) is 18.8 Å². The maximum atomic E-state index is 14.0. The van der Waals surface area contributed by atoms with Gasteiger partial charge in [-0.3, -0.25) is 19.7 Å². The van der Waals surface area contributed by atoms with Gasteiger partial charge in [0.2, 0.25) is 11.8 Å². The van der Waals surface area contributed by atoms with E-state index in [0.717, 1.165) is 10.5 Å². The van der Waals surface area contributed by atoms with Crippen molar-refractivity contribution < 1.29 is 24.6 Å². The first-order valence-corrected chi connectivity index (χ1v) is 13.0. The van der Waals surface area contributed by atoms with Crippen LogP contribution in [0.5, 0.6) is 5.75 Å². The van der Waals surface area contributed by atoms with Gasteiger partial charge in [-0.15, -0.1) is 0 Å². The van der Waals surface area contributed by atoms with Crippen molar-refractivity contribution in [2.75, 3.05) is 4.90 Å². The molecule has 196 valence electrons. The normalized spacial score (nSPS) is 24.7. The van der Waals surface area contributed by atoms with Crippen molar-refractivity contribution in [1.29, 1.82) is 0 Å². The van der Waals surface area contributed by atoms with Gasteiger partial charge in [0.25, 0.3) is 0 Å². The third kappa shape index (κ3) is 4.23. The Bertz CT molecular complexity index is 1500. The highest BCUT2D eigenvalue weighted by Gasteiger charge is 2.68. The Balaban J connectivity index is 1.70. The lowest BCUT2D eigenvalue weighted by atomic mass is 9.76. The fraction of sp³-hybridized carbons (Fsp3) is 0.222. The van der Waals surface area contributed by atoms with Crippen molar-refractivity contribution in [3.05, 3.63) is 91.4 Å². The zero-order valence-electron chi connectivity index (χ0n) is 19.7. The molecule has 11 heteroatoms. The van der Waals surface area contributed by atoms with Gasteiger partial charge in [0, 0.05) is 22.5 Å². The van der Waals surface area contributed by atoms with Crippen LogP contribution in [0.2, 0.25) is 20.1 Å². The van der Waals surface area contributed by atoms with Gasteiger partial charge in [0.05, 0.1) is 27.6 Å². The van der Waals surface area contributed by atoms with Gasteiger partial charge in [0.15, 0.2) is 0 Å². The predicted molar refractivity (Wildman–Crippen MR) is 145 cm³/mol. The summed E-state index contributed by atoms with van der Waals surface area (Å²) in [6.45, 7) is 1.78. The van der Waals surface area contributed by atoms with E-state index in [2.05, 4.69) is 5.32 Å². The number of benzene rings is 3. The van der Waals surface area contributed by atoms with E-state index in [1.54, 1.807) is 31.2 Å². The summed E-state index contributed by atoms with van der Waals surface area (Å²) in [6, 6.07) is 12.7. The van der Waals surface area contributed by atoms with Crippen LogP contribution in [0.3, 0.4) is 0 Å². The van der Waals surface area contributed by atoms with E-state index in [1.807, 2.05) is 0 Å². The SMILES string of the molecule is Cc1ccc(N2C(=O)C3C(c4cc(Cl)cc(Cl)c4Cl)NC(Cc4ccc(O)cc4)(C(=O)O)C3C2=O)cc1Cl. The molecule has 4 unspecified atom stereocenters. The van der Waals surface area contributed by atoms with Crippen LogP contribution in [-0.2, 0) is 20.8 Å². The molecule has 4 atom stereocenters. The standard InChI is InChI=1S/C27H20Cl4N2O5/c1-12-2-5-15(10-18(12)29)33-24(35)20-21(25(33)36)27(26(37)38,11-13-3-6-16(34)7-4-13)32-23(20)17-8-14(28)9-19(30)22(17)31/h2-10,20-21,23,32,34H,11H2,1H3,(H,37,38). The van der Waals surface area contributed by atoms with Crippen LogP contribution in [0.4, 0.5) is 5.69 Å². The molecule has 38 heavy (non-hydrogen) atoms. The van der Waals surface area contributed by atoms with Crippen LogP contribution in [0.25, 0.3) is 0 Å². The Kier molecular flexibility index (Phi) is 6.86. The summed E-state index contributed by atoms with van der Waals surface area (Å²) in [7, 11) is 0. The number of nitrogens with one attached hydrogen (secondary N) is 1. The number of rotatable bonds is 5. The number of aryl methyl sites for hydroxylation is 1. The molecule has 7 nitrogen and oxygen atoms in total. The van der Waals surface area contributed by atoms with Crippen molar-refractivity contribution >= 4 is 69.9 Å². The first-order valence-electron chi connectivity index (χ1n) is 11.5. The number of hydrogen-bond acceptors (Lipinski definition) is 5. The molecule has 2 fully saturated rings. The molecule has 0 radical (unpaired) electrons. The third-order valence-electron chi connectivity index (χ3n) is 7.22. The van der Waals surface area contributed by atoms with Crippen molar-refractivity contribution in [2.24, 2.45) is 11.8 Å². The molecule has 0 aliphatic carbocycles. The lowest BCUT2D eigenvalue weighted by Gasteiger charge is -2.31. The van der Waals surface area contributed by atoms with E-state index >= 15 is 0 Å². The smallest absolute Gasteiger partial charge is 0.325 e. The first-order chi connectivity index (χ1) is 17.9. The van der Waals surface area contributed by atoms with Crippen molar-refractivity contribution in [2.45, 2.75) is 24.9 Å². The molecule has 5 rings (SSSR count). The summed E-state index contributed by atoms with van der Waals surface area (Å²) in [6.07, 6.45) is -0.159. The average molecular weight is 594 g/mol. The minimum Gasteiger partial charge on any atom is -0.508 e. The lowest BCUT2D eigenvalue weighted by Crippen LogP contribution is -2.57. The van der Waals surface area contributed by atoms with Crippen molar-refractivity contribution in [1.82, 2.24) is 5.32 Å². The fourth-order valence-corrected chi connectivity index (χ4v) is 6.33. The van der Waals surface area contributed by atoms with Crippen molar-refractivity contribution in [3.8, 4) is 5.75 Å². The molecule has 3 aromatic carbocycles. The van der Waals surface area contributed by atoms with Crippen molar-refractivity contribution in [3.63, 3.8) is 0 Å². The van der Waals surface area contributed by atoms with Crippen LogP contribution in [0.1, 0.15) is 22.7 Å². The van der Waals surface area contributed by atoms with E-state index in [9.17, 15) is 24.6 Å². The number of anilines is 1. The number of nitrogens with zero attached hydrogens (tertiary/aromatic N) is 1. The van der Waals surface area contributed by atoms with E-state index in [0.29, 0.717) is 16.1 Å². The number of carbonyl (C=O) groups excluding carboxylic acids is 2. The van der Waals surface area contributed by atoms with Gasteiger partial charge in [0.1, 0.15) is 11.3 Å². The highest BCUT2D eigenvalue weighted by atomic mass is 35.5. The van der Waals surface area contributed by atoms with Gasteiger partial charge in [-0.2, -0.15) is 0 Å². The van der Waals surface area contributed by atoms with Crippen LogP contribution < -0.4 is 10.2 Å². The molecule has 0 saturated carbocycles.